The molecular formula is C11H10BrN3O. The first-order valence-corrected chi connectivity index (χ1v) is 5.46. The molecule has 0 saturated heterocycles. The van der Waals surface area contributed by atoms with E-state index in [1.54, 1.807) is 18.6 Å². The van der Waals surface area contributed by atoms with E-state index >= 15 is 0 Å². The molecule has 5 heteroatoms. The number of aryl methyl sites for hydroxylation is 1. The van der Waals surface area contributed by atoms with Crippen LogP contribution in [-0.4, -0.2) is 9.97 Å². The van der Waals surface area contributed by atoms with Gasteiger partial charge in [0.2, 0.25) is 0 Å². The van der Waals surface area contributed by atoms with Crippen molar-refractivity contribution in [3.8, 4) is 11.5 Å². The van der Waals surface area contributed by atoms with Crippen molar-refractivity contribution in [3.05, 3.63) is 40.9 Å². The summed E-state index contributed by atoms with van der Waals surface area (Å²) >= 11 is 3.34. The summed E-state index contributed by atoms with van der Waals surface area (Å²) in [6.07, 6.45) is 4.90. The van der Waals surface area contributed by atoms with Crippen molar-refractivity contribution < 1.29 is 4.74 Å². The van der Waals surface area contributed by atoms with Gasteiger partial charge >= 0.3 is 0 Å². The summed E-state index contributed by atoms with van der Waals surface area (Å²) in [6, 6.07) is 3.66. The van der Waals surface area contributed by atoms with Crippen molar-refractivity contribution in [1.82, 2.24) is 9.97 Å². The lowest BCUT2D eigenvalue weighted by Crippen LogP contribution is -1.96. The molecular weight excluding hydrogens is 270 g/mol. The highest BCUT2D eigenvalue weighted by atomic mass is 79.9. The third kappa shape index (κ3) is 2.14. The number of nitrogens with two attached hydrogens (primary N) is 1. The summed E-state index contributed by atoms with van der Waals surface area (Å²) < 4.78 is 6.41. The molecule has 4 nitrogen and oxygen atoms in total. The van der Waals surface area contributed by atoms with Crippen molar-refractivity contribution in [2.24, 2.45) is 0 Å². The Morgan fingerprint density at radius 2 is 2.19 bits per heavy atom. The molecule has 16 heavy (non-hydrogen) atoms. The second kappa shape index (κ2) is 4.49. The molecule has 0 fully saturated rings. The van der Waals surface area contributed by atoms with Crippen LogP contribution in [0.15, 0.2) is 35.2 Å². The lowest BCUT2D eigenvalue weighted by atomic mass is 10.3. The fraction of sp³-hybridized carbons (Fsp3) is 0.0909. The summed E-state index contributed by atoms with van der Waals surface area (Å²) in [5.41, 5.74) is 7.08. The van der Waals surface area contributed by atoms with E-state index < -0.39 is 0 Å². The zero-order valence-electron chi connectivity index (χ0n) is 8.64. The second-order valence-electron chi connectivity index (χ2n) is 3.23. The lowest BCUT2D eigenvalue weighted by Gasteiger charge is -2.10. The Morgan fingerprint density at radius 1 is 1.38 bits per heavy atom. The fourth-order valence-corrected chi connectivity index (χ4v) is 1.66. The van der Waals surface area contributed by atoms with E-state index in [1.807, 2.05) is 19.1 Å². The normalized spacial score (nSPS) is 10.1. The zero-order valence-corrected chi connectivity index (χ0v) is 10.2. The quantitative estimate of drug-likeness (QED) is 0.918. The fourth-order valence-electron chi connectivity index (χ4n) is 1.23. The Hall–Kier alpha value is -1.62. The predicted molar refractivity (Wildman–Crippen MR) is 65.4 cm³/mol. The van der Waals surface area contributed by atoms with E-state index in [4.69, 9.17) is 10.5 Å². The maximum Gasteiger partial charge on any atom is 0.167 e. The monoisotopic (exact) mass is 279 g/mol. The molecule has 0 bridgehead atoms. The van der Waals surface area contributed by atoms with E-state index in [9.17, 15) is 0 Å². The minimum Gasteiger partial charge on any atom is -0.452 e. The molecule has 2 aromatic heterocycles. The highest BCUT2D eigenvalue weighted by Gasteiger charge is 2.09. The molecule has 0 atom stereocenters. The maximum absolute atomic E-state index is 5.78. The van der Waals surface area contributed by atoms with Gasteiger partial charge in [-0.3, -0.25) is 9.97 Å². The third-order valence-corrected chi connectivity index (χ3v) is 2.62. The zero-order chi connectivity index (χ0) is 11.5. The molecule has 0 aromatic carbocycles. The Morgan fingerprint density at radius 3 is 2.88 bits per heavy atom. The second-order valence-corrected chi connectivity index (χ2v) is 4.08. The summed E-state index contributed by atoms with van der Waals surface area (Å²) in [5, 5.41) is 0. The average Bonchev–Trinajstić information content (AvgIpc) is 2.26. The Kier molecular flexibility index (Phi) is 3.05. The first kappa shape index (κ1) is 10.9. The van der Waals surface area contributed by atoms with Gasteiger partial charge < -0.3 is 10.5 Å². The highest BCUT2D eigenvalue weighted by Crippen LogP contribution is 2.34. The Labute approximate surface area is 102 Å². The molecule has 0 unspecified atom stereocenters. The van der Waals surface area contributed by atoms with Crippen molar-refractivity contribution in [2.45, 2.75) is 6.92 Å². The number of halogens is 1. The Balaban J connectivity index is 2.38. The van der Waals surface area contributed by atoms with E-state index in [0.29, 0.717) is 17.2 Å². The standard InChI is InChI=1S/C11H10BrN3O/c1-7-10(3-2-4-15-7)16-11-8(12)5-14-6-9(11)13/h2-6H,13H2,1H3. The Bertz CT molecular complexity index is 496. The first-order chi connectivity index (χ1) is 7.68. The van der Waals surface area contributed by atoms with E-state index in [-0.39, 0.29) is 0 Å². The van der Waals surface area contributed by atoms with Gasteiger partial charge in [-0.1, -0.05) is 0 Å². The van der Waals surface area contributed by atoms with Crippen LogP contribution in [0.1, 0.15) is 5.69 Å². The van der Waals surface area contributed by atoms with Crippen LogP contribution >= 0.6 is 15.9 Å². The number of hydrogen-bond acceptors (Lipinski definition) is 4. The molecule has 82 valence electrons. The van der Waals surface area contributed by atoms with Gasteiger partial charge in [0.25, 0.3) is 0 Å². The molecule has 0 amide bonds. The number of aromatic nitrogens is 2. The molecule has 0 aliphatic rings. The summed E-state index contributed by atoms with van der Waals surface area (Å²) in [4.78, 5) is 8.08. The van der Waals surface area contributed by atoms with E-state index in [2.05, 4.69) is 25.9 Å². The number of ether oxygens (including phenoxy) is 1. The van der Waals surface area contributed by atoms with Crippen LogP contribution in [0.3, 0.4) is 0 Å². The van der Waals surface area contributed by atoms with Gasteiger partial charge in [0.1, 0.15) is 5.75 Å². The molecule has 2 heterocycles. The first-order valence-electron chi connectivity index (χ1n) is 4.67. The van der Waals surface area contributed by atoms with Crippen LogP contribution in [0.5, 0.6) is 11.5 Å². The van der Waals surface area contributed by atoms with Crippen molar-refractivity contribution >= 4 is 21.6 Å². The van der Waals surface area contributed by atoms with Gasteiger partial charge in [-0.2, -0.15) is 0 Å². The minimum atomic E-state index is 0.484. The van der Waals surface area contributed by atoms with Crippen LogP contribution < -0.4 is 10.5 Å². The third-order valence-electron chi connectivity index (χ3n) is 2.05. The molecule has 0 aliphatic carbocycles. The number of rotatable bonds is 2. The van der Waals surface area contributed by atoms with Gasteiger partial charge in [-0.15, -0.1) is 0 Å². The summed E-state index contributed by atoms with van der Waals surface area (Å²) in [5.74, 6) is 1.24. The number of nitrogens with zero attached hydrogens (tertiary/aromatic N) is 2. The van der Waals surface area contributed by atoms with E-state index in [1.165, 1.54) is 0 Å². The van der Waals surface area contributed by atoms with Gasteiger partial charge in [-0.05, 0) is 35.0 Å². The number of anilines is 1. The largest absolute Gasteiger partial charge is 0.452 e. The molecule has 2 N–H and O–H groups in total. The van der Waals surface area contributed by atoms with Crippen LogP contribution in [0, 0.1) is 6.92 Å². The minimum absolute atomic E-state index is 0.484. The molecule has 0 radical (unpaired) electrons. The maximum atomic E-state index is 5.78. The average molecular weight is 280 g/mol. The van der Waals surface area contributed by atoms with Crippen LogP contribution in [0.2, 0.25) is 0 Å². The number of nitrogen functional groups attached to an aromatic ring is 1. The van der Waals surface area contributed by atoms with Crippen molar-refractivity contribution in [1.29, 1.82) is 0 Å². The topological polar surface area (TPSA) is 61.0 Å². The van der Waals surface area contributed by atoms with E-state index in [0.717, 1.165) is 10.2 Å². The smallest absolute Gasteiger partial charge is 0.167 e. The van der Waals surface area contributed by atoms with Crippen LogP contribution in [0.25, 0.3) is 0 Å². The molecule has 0 saturated carbocycles. The predicted octanol–water partition coefficient (Wildman–Crippen LogP) is 2.92. The van der Waals surface area contributed by atoms with Gasteiger partial charge in [0, 0.05) is 12.4 Å². The summed E-state index contributed by atoms with van der Waals surface area (Å²) in [6.45, 7) is 1.88. The molecule has 2 rings (SSSR count). The molecule has 0 aliphatic heterocycles. The number of hydrogen-bond donors (Lipinski definition) is 1. The molecule has 0 spiro atoms. The highest BCUT2D eigenvalue weighted by molar-refractivity contribution is 9.10. The lowest BCUT2D eigenvalue weighted by molar-refractivity contribution is 0.474. The van der Waals surface area contributed by atoms with Crippen LogP contribution in [0.4, 0.5) is 5.69 Å². The van der Waals surface area contributed by atoms with Crippen molar-refractivity contribution in [3.63, 3.8) is 0 Å². The molecule has 2 aromatic rings. The summed E-state index contributed by atoms with van der Waals surface area (Å²) in [7, 11) is 0. The van der Waals surface area contributed by atoms with Crippen LogP contribution in [-0.2, 0) is 0 Å². The van der Waals surface area contributed by atoms with Gasteiger partial charge in [-0.25, -0.2) is 0 Å². The SMILES string of the molecule is Cc1ncccc1Oc1c(N)cncc1Br. The van der Waals surface area contributed by atoms with Gasteiger partial charge in [0.05, 0.1) is 22.1 Å². The van der Waals surface area contributed by atoms with Crippen molar-refractivity contribution in [2.75, 3.05) is 5.73 Å². The number of pyridine rings is 2. The van der Waals surface area contributed by atoms with Gasteiger partial charge in [0.15, 0.2) is 5.75 Å².